The van der Waals surface area contributed by atoms with Gasteiger partial charge in [-0.2, -0.15) is 0 Å². The van der Waals surface area contributed by atoms with Crippen LogP contribution in [0.1, 0.15) is 23.1 Å². The molecule has 0 spiro atoms. The molecule has 2 heteroatoms. The minimum absolute atomic E-state index is 0.123. The van der Waals surface area contributed by atoms with Crippen LogP contribution in [0.5, 0.6) is 11.5 Å². The molecule has 0 saturated heterocycles. The van der Waals surface area contributed by atoms with Crippen molar-refractivity contribution in [1.82, 2.24) is 0 Å². The van der Waals surface area contributed by atoms with Crippen molar-refractivity contribution in [2.45, 2.75) is 12.0 Å². The zero-order valence-electron chi connectivity index (χ0n) is 9.30. The first-order valence-electron chi connectivity index (χ1n) is 5.91. The molecule has 2 aromatic rings. The smallest absolute Gasteiger partial charge is 0.138 e. The van der Waals surface area contributed by atoms with Gasteiger partial charge in [-0.25, -0.2) is 0 Å². The molecule has 0 radical (unpaired) electrons. The highest BCUT2D eigenvalue weighted by Gasteiger charge is 2.40. The topological polar surface area (TPSA) is 18.5 Å². The Morgan fingerprint density at radius 2 is 1.53 bits per heavy atom. The summed E-state index contributed by atoms with van der Waals surface area (Å²) < 4.78 is 11.9. The van der Waals surface area contributed by atoms with Gasteiger partial charge in [-0.1, -0.05) is 36.4 Å². The van der Waals surface area contributed by atoms with E-state index in [1.54, 1.807) is 0 Å². The van der Waals surface area contributed by atoms with Crippen molar-refractivity contribution < 1.29 is 9.47 Å². The van der Waals surface area contributed by atoms with Crippen molar-refractivity contribution in [2.24, 2.45) is 0 Å². The zero-order valence-corrected chi connectivity index (χ0v) is 9.30. The van der Waals surface area contributed by atoms with Gasteiger partial charge in [-0.15, -0.1) is 0 Å². The second-order valence-electron chi connectivity index (χ2n) is 4.53. The first kappa shape index (κ1) is 9.11. The minimum atomic E-state index is 0.123. The zero-order chi connectivity index (χ0) is 11.2. The van der Waals surface area contributed by atoms with Crippen LogP contribution < -0.4 is 9.47 Å². The van der Waals surface area contributed by atoms with Crippen LogP contribution in [-0.2, 0) is 0 Å². The van der Waals surface area contributed by atoms with Crippen LogP contribution in [0, 0.1) is 0 Å². The average Bonchev–Trinajstić information content (AvgIpc) is 2.78. The third-order valence-corrected chi connectivity index (χ3v) is 3.58. The van der Waals surface area contributed by atoms with E-state index in [2.05, 4.69) is 18.2 Å². The highest BCUT2D eigenvalue weighted by atomic mass is 16.5. The number of fused-ring (bicyclic) bond motifs is 5. The van der Waals surface area contributed by atoms with Gasteiger partial charge in [-0.05, 0) is 12.1 Å². The summed E-state index contributed by atoms with van der Waals surface area (Å²) in [7, 11) is 0. The molecule has 2 atom stereocenters. The maximum atomic E-state index is 6.06. The van der Waals surface area contributed by atoms with Crippen molar-refractivity contribution in [3.05, 3.63) is 59.7 Å². The van der Waals surface area contributed by atoms with E-state index in [-0.39, 0.29) is 6.10 Å². The van der Waals surface area contributed by atoms with E-state index >= 15 is 0 Å². The second kappa shape index (κ2) is 3.27. The third kappa shape index (κ3) is 1.21. The molecule has 0 aliphatic carbocycles. The molecule has 0 saturated carbocycles. The molecule has 0 bridgehead atoms. The Hall–Kier alpha value is -1.96. The Balaban J connectivity index is 1.85. The average molecular weight is 224 g/mol. The summed E-state index contributed by atoms with van der Waals surface area (Å²) >= 11 is 0. The minimum Gasteiger partial charge on any atom is -0.492 e. The summed E-state index contributed by atoms with van der Waals surface area (Å²) in [5.74, 6) is 2.30. The molecular weight excluding hydrogens is 212 g/mol. The predicted molar refractivity (Wildman–Crippen MR) is 64.5 cm³/mol. The molecule has 2 heterocycles. The number of ether oxygens (including phenoxy) is 2. The normalized spacial score (nSPS) is 24.0. The molecule has 17 heavy (non-hydrogen) atoms. The third-order valence-electron chi connectivity index (χ3n) is 3.58. The van der Waals surface area contributed by atoms with Crippen molar-refractivity contribution in [3.8, 4) is 11.5 Å². The molecule has 0 unspecified atom stereocenters. The fourth-order valence-electron chi connectivity index (χ4n) is 2.76. The maximum absolute atomic E-state index is 6.06. The number of hydrogen-bond donors (Lipinski definition) is 0. The van der Waals surface area contributed by atoms with Crippen molar-refractivity contribution >= 4 is 0 Å². The monoisotopic (exact) mass is 224 g/mol. The lowest BCUT2D eigenvalue weighted by atomic mass is 9.89. The standard InChI is InChI=1S/C15H12O2/c1-4-8-14-10(5-1)12-9-16-13-7-3-2-6-11(13)15(12)17-14/h1-8,12,15H,9H2/t12-,15-/m1/s1. The summed E-state index contributed by atoms with van der Waals surface area (Å²) in [5, 5.41) is 0. The Bertz CT molecular complexity index is 577. The van der Waals surface area contributed by atoms with Crippen LogP contribution in [0.3, 0.4) is 0 Å². The van der Waals surface area contributed by atoms with E-state index in [9.17, 15) is 0 Å². The fourth-order valence-corrected chi connectivity index (χ4v) is 2.76. The highest BCUT2D eigenvalue weighted by Crippen LogP contribution is 2.50. The van der Waals surface area contributed by atoms with Gasteiger partial charge in [0.1, 0.15) is 17.6 Å². The molecule has 2 aliphatic rings. The van der Waals surface area contributed by atoms with Crippen LogP contribution >= 0.6 is 0 Å². The van der Waals surface area contributed by atoms with E-state index in [1.165, 1.54) is 11.1 Å². The van der Waals surface area contributed by atoms with Gasteiger partial charge in [0.05, 0.1) is 12.5 Å². The van der Waals surface area contributed by atoms with Crippen molar-refractivity contribution in [2.75, 3.05) is 6.61 Å². The summed E-state index contributed by atoms with van der Waals surface area (Å²) in [4.78, 5) is 0. The number of hydrogen-bond acceptors (Lipinski definition) is 2. The van der Waals surface area contributed by atoms with Gasteiger partial charge in [0.2, 0.25) is 0 Å². The van der Waals surface area contributed by atoms with Crippen molar-refractivity contribution in [1.29, 1.82) is 0 Å². The Morgan fingerprint density at radius 1 is 0.824 bits per heavy atom. The van der Waals surface area contributed by atoms with E-state index in [4.69, 9.17) is 9.47 Å². The molecule has 84 valence electrons. The molecular formula is C15H12O2. The molecule has 0 N–H and O–H groups in total. The largest absolute Gasteiger partial charge is 0.492 e. The lowest BCUT2D eigenvalue weighted by Gasteiger charge is -2.27. The van der Waals surface area contributed by atoms with Gasteiger partial charge >= 0.3 is 0 Å². The van der Waals surface area contributed by atoms with E-state index in [0.717, 1.165) is 11.5 Å². The maximum Gasteiger partial charge on any atom is 0.138 e. The van der Waals surface area contributed by atoms with Gasteiger partial charge in [0.25, 0.3) is 0 Å². The van der Waals surface area contributed by atoms with Crippen LogP contribution in [0.25, 0.3) is 0 Å². The highest BCUT2D eigenvalue weighted by molar-refractivity contribution is 5.48. The second-order valence-corrected chi connectivity index (χ2v) is 4.53. The van der Waals surface area contributed by atoms with Crippen LogP contribution in [0.4, 0.5) is 0 Å². The number of benzene rings is 2. The molecule has 2 aromatic carbocycles. The summed E-state index contributed by atoms with van der Waals surface area (Å²) in [5.41, 5.74) is 2.44. The van der Waals surface area contributed by atoms with E-state index in [1.807, 2.05) is 30.3 Å². The lowest BCUT2D eigenvalue weighted by molar-refractivity contribution is 0.139. The predicted octanol–water partition coefficient (Wildman–Crippen LogP) is 3.30. The quantitative estimate of drug-likeness (QED) is 0.683. The molecule has 0 aromatic heterocycles. The van der Waals surface area contributed by atoms with E-state index < -0.39 is 0 Å². The van der Waals surface area contributed by atoms with Gasteiger partial charge in [0.15, 0.2) is 0 Å². The van der Waals surface area contributed by atoms with Gasteiger partial charge < -0.3 is 9.47 Å². The Morgan fingerprint density at radius 3 is 2.41 bits per heavy atom. The first-order valence-corrected chi connectivity index (χ1v) is 5.91. The molecule has 4 rings (SSSR count). The molecule has 0 amide bonds. The summed E-state index contributed by atoms with van der Waals surface area (Å²) in [6, 6.07) is 16.4. The molecule has 2 nitrogen and oxygen atoms in total. The molecule has 0 fully saturated rings. The number of rotatable bonds is 0. The van der Waals surface area contributed by atoms with Gasteiger partial charge in [-0.3, -0.25) is 0 Å². The number of para-hydroxylation sites is 2. The molecule has 2 aliphatic heterocycles. The van der Waals surface area contributed by atoms with Crippen LogP contribution in [0.2, 0.25) is 0 Å². The summed E-state index contributed by atoms with van der Waals surface area (Å²) in [6.45, 7) is 0.707. The van der Waals surface area contributed by atoms with Crippen LogP contribution in [-0.4, -0.2) is 6.61 Å². The summed E-state index contributed by atoms with van der Waals surface area (Å²) in [6.07, 6.45) is 0.123. The van der Waals surface area contributed by atoms with Crippen LogP contribution in [0.15, 0.2) is 48.5 Å². The fraction of sp³-hybridized carbons (Fsp3) is 0.200. The van der Waals surface area contributed by atoms with E-state index in [0.29, 0.717) is 12.5 Å². The SMILES string of the molecule is c1ccc2c(c1)O[C@@H]1c3ccccc3OC[C@H]21. The van der Waals surface area contributed by atoms with Crippen molar-refractivity contribution in [3.63, 3.8) is 0 Å². The van der Waals surface area contributed by atoms with Gasteiger partial charge in [0, 0.05) is 11.1 Å². The first-order chi connectivity index (χ1) is 8.43. The lowest BCUT2D eigenvalue weighted by Crippen LogP contribution is -2.22. The Labute approximate surface area is 99.8 Å². The Kier molecular flexibility index (Phi) is 1.75.